The molecule has 0 aliphatic heterocycles. The summed E-state index contributed by atoms with van der Waals surface area (Å²) in [4.78, 5) is 10.8. The van der Waals surface area contributed by atoms with Crippen molar-refractivity contribution in [3.8, 4) is 12.3 Å². The number of terminal acetylenes is 1. The van der Waals surface area contributed by atoms with Crippen molar-refractivity contribution < 1.29 is 9.90 Å². The highest BCUT2D eigenvalue weighted by Crippen LogP contribution is 2.09. The Kier molecular flexibility index (Phi) is 4.10. The molecular formula is C10H11N3O2. The highest BCUT2D eigenvalue weighted by molar-refractivity contribution is 5.92. The lowest BCUT2D eigenvalue weighted by Gasteiger charge is -2.05. The Morgan fingerprint density at radius 2 is 2.47 bits per heavy atom. The molecule has 0 fully saturated rings. The van der Waals surface area contributed by atoms with Crippen LogP contribution in [0.1, 0.15) is 23.2 Å². The summed E-state index contributed by atoms with van der Waals surface area (Å²) in [5, 5.41) is 19.0. The van der Waals surface area contributed by atoms with Crippen LogP contribution in [0.25, 0.3) is 0 Å². The Balaban J connectivity index is 2.60. The number of hydrogen-bond donors (Lipinski definition) is 2. The van der Waals surface area contributed by atoms with E-state index in [2.05, 4.69) is 21.4 Å². The van der Waals surface area contributed by atoms with E-state index in [1.165, 1.54) is 12.3 Å². The Morgan fingerprint density at radius 3 is 3.13 bits per heavy atom. The third kappa shape index (κ3) is 3.27. The van der Waals surface area contributed by atoms with Gasteiger partial charge in [0.15, 0.2) is 5.82 Å². The number of carboxylic acids is 1. The Labute approximate surface area is 87.5 Å². The third-order valence-corrected chi connectivity index (χ3v) is 1.74. The van der Waals surface area contributed by atoms with E-state index in [1.54, 1.807) is 0 Å². The molecule has 0 aromatic carbocycles. The Hall–Kier alpha value is -2.09. The number of aromatic carboxylic acids is 1. The van der Waals surface area contributed by atoms with E-state index in [9.17, 15) is 4.79 Å². The molecule has 0 saturated carbocycles. The van der Waals surface area contributed by atoms with Crippen molar-refractivity contribution in [2.45, 2.75) is 12.8 Å². The number of nitrogens with one attached hydrogen (secondary N) is 1. The van der Waals surface area contributed by atoms with E-state index >= 15 is 0 Å². The summed E-state index contributed by atoms with van der Waals surface area (Å²) < 4.78 is 0. The number of hydrogen-bond acceptors (Lipinski definition) is 4. The molecule has 0 aliphatic carbocycles. The van der Waals surface area contributed by atoms with Crippen molar-refractivity contribution in [2.75, 3.05) is 11.9 Å². The summed E-state index contributed by atoms with van der Waals surface area (Å²) >= 11 is 0. The van der Waals surface area contributed by atoms with Crippen LogP contribution in [0.15, 0.2) is 12.3 Å². The smallest absolute Gasteiger partial charge is 0.339 e. The predicted molar refractivity (Wildman–Crippen MR) is 55.5 cm³/mol. The maximum atomic E-state index is 10.8. The van der Waals surface area contributed by atoms with E-state index in [4.69, 9.17) is 11.5 Å². The van der Waals surface area contributed by atoms with Gasteiger partial charge >= 0.3 is 5.97 Å². The molecular weight excluding hydrogens is 194 g/mol. The van der Waals surface area contributed by atoms with Gasteiger partial charge in [0.25, 0.3) is 0 Å². The maximum Gasteiger partial charge on any atom is 0.339 e. The van der Waals surface area contributed by atoms with Crippen molar-refractivity contribution >= 4 is 11.8 Å². The first-order chi connectivity index (χ1) is 7.25. The van der Waals surface area contributed by atoms with Gasteiger partial charge in [0.1, 0.15) is 5.56 Å². The second-order valence-electron chi connectivity index (χ2n) is 2.83. The SMILES string of the molecule is C#CCCCNc1nnccc1C(=O)O. The molecule has 1 aromatic rings. The zero-order valence-electron chi connectivity index (χ0n) is 8.10. The van der Waals surface area contributed by atoms with Crippen LogP contribution in [0.5, 0.6) is 0 Å². The quantitative estimate of drug-likeness (QED) is 0.554. The van der Waals surface area contributed by atoms with Crippen LogP contribution in [-0.4, -0.2) is 27.8 Å². The fraction of sp³-hybridized carbons (Fsp3) is 0.300. The average Bonchev–Trinajstić information content (AvgIpc) is 2.25. The van der Waals surface area contributed by atoms with E-state index < -0.39 is 5.97 Å². The average molecular weight is 205 g/mol. The molecule has 1 aromatic heterocycles. The van der Waals surface area contributed by atoms with Crippen LogP contribution in [0.2, 0.25) is 0 Å². The molecule has 0 saturated heterocycles. The van der Waals surface area contributed by atoms with Crippen molar-refractivity contribution in [1.82, 2.24) is 10.2 Å². The van der Waals surface area contributed by atoms with Gasteiger partial charge in [-0.05, 0) is 12.5 Å². The molecule has 5 nitrogen and oxygen atoms in total. The first-order valence-electron chi connectivity index (χ1n) is 4.48. The second-order valence-corrected chi connectivity index (χ2v) is 2.83. The summed E-state index contributed by atoms with van der Waals surface area (Å²) in [6, 6.07) is 1.40. The van der Waals surface area contributed by atoms with Gasteiger partial charge in [-0.25, -0.2) is 4.79 Å². The number of rotatable bonds is 5. The number of carbonyl (C=O) groups is 1. The van der Waals surface area contributed by atoms with Crippen molar-refractivity contribution in [3.05, 3.63) is 17.8 Å². The highest BCUT2D eigenvalue weighted by atomic mass is 16.4. The molecule has 0 bridgehead atoms. The molecule has 0 amide bonds. The van der Waals surface area contributed by atoms with E-state index in [0.29, 0.717) is 13.0 Å². The summed E-state index contributed by atoms with van der Waals surface area (Å²) in [6.45, 7) is 0.586. The fourth-order valence-electron chi connectivity index (χ4n) is 1.03. The minimum atomic E-state index is -1.02. The van der Waals surface area contributed by atoms with Crippen molar-refractivity contribution in [2.24, 2.45) is 0 Å². The summed E-state index contributed by atoms with van der Waals surface area (Å²) in [6.07, 6.45) is 7.85. The van der Waals surface area contributed by atoms with Crippen molar-refractivity contribution in [3.63, 3.8) is 0 Å². The standard InChI is InChI=1S/C10H11N3O2/c1-2-3-4-6-11-9-8(10(14)15)5-7-12-13-9/h1,5,7H,3-4,6H2,(H,11,13)(H,14,15). The van der Waals surface area contributed by atoms with Crippen LogP contribution in [0.4, 0.5) is 5.82 Å². The normalized spacial score (nSPS) is 9.27. The van der Waals surface area contributed by atoms with Gasteiger partial charge in [-0.1, -0.05) is 0 Å². The third-order valence-electron chi connectivity index (χ3n) is 1.74. The number of anilines is 1. The van der Waals surface area contributed by atoms with Crippen LogP contribution in [0.3, 0.4) is 0 Å². The topological polar surface area (TPSA) is 75.1 Å². The van der Waals surface area contributed by atoms with Gasteiger partial charge in [-0.15, -0.1) is 17.4 Å². The lowest BCUT2D eigenvalue weighted by molar-refractivity contribution is 0.0697. The molecule has 0 radical (unpaired) electrons. The maximum absolute atomic E-state index is 10.8. The molecule has 15 heavy (non-hydrogen) atoms. The number of carboxylic acid groups (broad SMARTS) is 1. The minimum absolute atomic E-state index is 0.116. The summed E-state index contributed by atoms with van der Waals surface area (Å²) in [5.41, 5.74) is 0.116. The minimum Gasteiger partial charge on any atom is -0.478 e. The monoisotopic (exact) mass is 205 g/mol. The van der Waals surface area contributed by atoms with E-state index in [0.717, 1.165) is 6.42 Å². The molecule has 0 spiro atoms. The van der Waals surface area contributed by atoms with Gasteiger partial charge in [-0.3, -0.25) is 0 Å². The molecule has 1 heterocycles. The van der Waals surface area contributed by atoms with E-state index in [1.807, 2.05) is 0 Å². The van der Waals surface area contributed by atoms with Gasteiger partial charge < -0.3 is 10.4 Å². The van der Waals surface area contributed by atoms with Crippen LogP contribution >= 0.6 is 0 Å². The van der Waals surface area contributed by atoms with Crippen LogP contribution in [0, 0.1) is 12.3 Å². The second kappa shape index (κ2) is 5.60. The van der Waals surface area contributed by atoms with Gasteiger partial charge in [0.2, 0.25) is 0 Å². The Morgan fingerprint density at radius 1 is 1.67 bits per heavy atom. The molecule has 2 N–H and O–H groups in total. The first kappa shape index (κ1) is 11.0. The molecule has 0 unspecified atom stereocenters. The van der Waals surface area contributed by atoms with Crippen molar-refractivity contribution in [1.29, 1.82) is 0 Å². The van der Waals surface area contributed by atoms with Gasteiger partial charge in [0.05, 0.1) is 6.20 Å². The molecule has 5 heteroatoms. The molecule has 0 atom stereocenters. The van der Waals surface area contributed by atoms with Crippen LogP contribution in [-0.2, 0) is 0 Å². The summed E-state index contributed by atoms with van der Waals surface area (Å²) in [7, 11) is 0. The largest absolute Gasteiger partial charge is 0.478 e. The first-order valence-corrected chi connectivity index (χ1v) is 4.48. The van der Waals surface area contributed by atoms with Gasteiger partial charge in [0, 0.05) is 13.0 Å². The zero-order valence-corrected chi connectivity index (χ0v) is 8.10. The fourth-order valence-corrected chi connectivity index (χ4v) is 1.03. The zero-order chi connectivity index (χ0) is 11.1. The molecule has 78 valence electrons. The highest BCUT2D eigenvalue weighted by Gasteiger charge is 2.09. The van der Waals surface area contributed by atoms with Gasteiger partial charge in [-0.2, -0.15) is 5.10 Å². The van der Waals surface area contributed by atoms with E-state index in [-0.39, 0.29) is 11.4 Å². The predicted octanol–water partition coefficient (Wildman–Crippen LogP) is 1.00. The number of aromatic nitrogens is 2. The number of nitrogens with zero attached hydrogens (tertiary/aromatic N) is 2. The van der Waals surface area contributed by atoms with Crippen LogP contribution < -0.4 is 5.32 Å². The lowest BCUT2D eigenvalue weighted by atomic mass is 10.2. The summed E-state index contributed by atoms with van der Waals surface area (Å²) in [5.74, 6) is 1.75. The number of unbranched alkanes of at least 4 members (excludes halogenated alkanes) is 1. The Bertz CT molecular complexity index is 384. The molecule has 0 aliphatic rings. The lowest BCUT2D eigenvalue weighted by Crippen LogP contribution is -2.10. The molecule has 1 rings (SSSR count).